The molecule has 1 aromatic carbocycles. The first kappa shape index (κ1) is 53.4. The van der Waals surface area contributed by atoms with Gasteiger partial charge < -0.3 is 29.0 Å². The van der Waals surface area contributed by atoms with Gasteiger partial charge in [-0.25, -0.2) is 0 Å². The Hall–Kier alpha value is -3.63. The van der Waals surface area contributed by atoms with Crippen LogP contribution in [0.4, 0.5) is 5.69 Å². The van der Waals surface area contributed by atoms with Crippen molar-refractivity contribution in [3.63, 3.8) is 0 Å². The number of benzene rings is 1. The van der Waals surface area contributed by atoms with Gasteiger partial charge in [0.25, 0.3) is 0 Å². The number of unbranched alkanes of at least 4 members (excludes halogenated alkanes) is 24. The average molecular weight is 832 g/mol. The van der Waals surface area contributed by atoms with Gasteiger partial charge in [0.05, 0.1) is 12.8 Å². The van der Waals surface area contributed by atoms with Gasteiger partial charge in [-0.15, -0.1) is 0 Å². The summed E-state index contributed by atoms with van der Waals surface area (Å²) in [6.45, 7) is 5.05. The number of anilines is 1. The van der Waals surface area contributed by atoms with E-state index in [9.17, 15) is 24.0 Å². The Morgan fingerprint density at radius 2 is 0.814 bits per heavy atom. The van der Waals surface area contributed by atoms with Crippen molar-refractivity contribution in [3.05, 3.63) is 24.3 Å². The standard InChI is InChI=1S/C48H81NO10/c1-4-6-8-10-12-14-16-18-20-22-24-26-28-30-45(51)55-38-44(39-56-46(52)31-29-27-25-23-21-19-17-15-13-11-9-7-5-2)59-48(54)37-36-47(53)58-40-57-43-34-32-42(33-35-43)49-41(3)50/h32-35,44H,4-31,36-40H2,1-3H3,(H,49,50). The zero-order valence-electron chi connectivity index (χ0n) is 37.3. The van der Waals surface area contributed by atoms with Crippen molar-refractivity contribution in [1.82, 2.24) is 0 Å². The summed E-state index contributed by atoms with van der Waals surface area (Å²) in [7, 11) is 0. The first-order chi connectivity index (χ1) is 28.7. The zero-order chi connectivity index (χ0) is 43.0. The molecule has 0 radical (unpaired) electrons. The van der Waals surface area contributed by atoms with Crippen LogP contribution < -0.4 is 10.1 Å². The highest BCUT2D eigenvalue weighted by Gasteiger charge is 2.20. The predicted molar refractivity (Wildman–Crippen MR) is 234 cm³/mol. The molecular formula is C48H81NO10. The van der Waals surface area contributed by atoms with E-state index in [0.29, 0.717) is 11.4 Å². The summed E-state index contributed by atoms with van der Waals surface area (Å²) in [5.41, 5.74) is 0.604. The van der Waals surface area contributed by atoms with E-state index >= 15 is 0 Å². The fraction of sp³-hybridized carbons (Fsp3) is 0.771. The van der Waals surface area contributed by atoms with Crippen molar-refractivity contribution in [2.45, 2.75) is 219 Å². The summed E-state index contributed by atoms with van der Waals surface area (Å²) >= 11 is 0. The van der Waals surface area contributed by atoms with Crippen LogP contribution in [0.5, 0.6) is 5.75 Å². The highest BCUT2D eigenvalue weighted by Crippen LogP contribution is 2.17. The summed E-state index contributed by atoms with van der Waals surface area (Å²) in [4.78, 5) is 61.2. The second-order valence-corrected chi connectivity index (χ2v) is 15.9. The number of carbonyl (C=O) groups is 5. The van der Waals surface area contributed by atoms with Gasteiger partial charge in [0.15, 0.2) is 6.10 Å². The minimum absolute atomic E-state index is 0.195. The van der Waals surface area contributed by atoms with Crippen molar-refractivity contribution >= 4 is 35.5 Å². The minimum Gasteiger partial charge on any atom is -0.462 e. The highest BCUT2D eigenvalue weighted by molar-refractivity contribution is 5.88. The fourth-order valence-electron chi connectivity index (χ4n) is 6.73. The number of esters is 4. The second kappa shape index (κ2) is 38.6. The smallest absolute Gasteiger partial charge is 0.309 e. The third-order valence-electron chi connectivity index (χ3n) is 10.3. The molecule has 0 saturated heterocycles. The van der Waals surface area contributed by atoms with Crippen LogP contribution in [0, 0.1) is 0 Å². The molecule has 0 heterocycles. The van der Waals surface area contributed by atoms with E-state index < -0.39 is 18.0 Å². The topological polar surface area (TPSA) is 144 Å². The molecule has 0 aromatic heterocycles. The molecule has 0 unspecified atom stereocenters. The molecule has 1 amide bonds. The van der Waals surface area contributed by atoms with Crippen molar-refractivity contribution < 1.29 is 47.7 Å². The lowest BCUT2D eigenvalue weighted by Crippen LogP contribution is -2.31. The minimum atomic E-state index is -0.992. The Bertz CT molecular complexity index is 1170. The van der Waals surface area contributed by atoms with E-state index in [2.05, 4.69) is 19.2 Å². The summed E-state index contributed by atoms with van der Waals surface area (Å²) in [6, 6.07) is 6.54. The van der Waals surface area contributed by atoms with Gasteiger partial charge in [0.1, 0.15) is 19.0 Å². The third kappa shape index (κ3) is 34.9. The summed E-state index contributed by atoms with van der Waals surface area (Å²) < 4.78 is 26.8. The number of hydrogen-bond acceptors (Lipinski definition) is 10. The molecule has 11 nitrogen and oxygen atoms in total. The van der Waals surface area contributed by atoms with Gasteiger partial charge in [-0.05, 0) is 37.1 Å². The number of rotatable bonds is 40. The molecule has 1 aromatic rings. The number of amides is 1. The van der Waals surface area contributed by atoms with E-state index in [1.54, 1.807) is 24.3 Å². The summed E-state index contributed by atoms with van der Waals surface area (Å²) in [5.74, 6) is -1.91. The average Bonchev–Trinajstić information content (AvgIpc) is 3.22. The first-order valence-corrected chi connectivity index (χ1v) is 23.4. The van der Waals surface area contributed by atoms with Crippen LogP contribution in [0.3, 0.4) is 0 Å². The first-order valence-electron chi connectivity index (χ1n) is 23.4. The van der Waals surface area contributed by atoms with E-state index in [-0.39, 0.29) is 63.5 Å². The van der Waals surface area contributed by atoms with Crippen LogP contribution in [0.25, 0.3) is 0 Å². The lowest BCUT2D eigenvalue weighted by atomic mass is 10.0. The molecule has 0 aliphatic heterocycles. The van der Waals surface area contributed by atoms with Crippen LogP contribution in [-0.2, 0) is 42.9 Å². The maximum Gasteiger partial charge on any atom is 0.309 e. The maximum absolute atomic E-state index is 12.7. The molecule has 11 heteroatoms. The largest absolute Gasteiger partial charge is 0.462 e. The Kier molecular flexibility index (Phi) is 34.9. The van der Waals surface area contributed by atoms with Crippen molar-refractivity contribution in [2.75, 3.05) is 25.3 Å². The molecule has 0 atom stereocenters. The van der Waals surface area contributed by atoms with E-state index in [1.807, 2.05) is 0 Å². The van der Waals surface area contributed by atoms with Crippen LogP contribution in [0.15, 0.2) is 24.3 Å². The van der Waals surface area contributed by atoms with Crippen LogP contribution in [-0.4, -0.2) is 55.9 Å². The van der Waals surface area contributed by atoms with Gasteiger partial charge >= 0.3 is 23.9 Å². The summed E-state index contributed by atoms with van der Waals surface area (Å²) in [6.07, 6.45) is 30.5. The third-order valence-corrected chi connectivity index (χ3v) is 10.3. The number of carbonyl (C=O) groups excluding carboxylic acids is 5. The van der Waals surface area contributed by atoms with Crippen LogP contribution in [0.1, 0.15) is 213 Å². The highest BCUT2D eigenvalue weighted by atomic mass is 16.7. The van der Waals surface area contributed by atoms with Gasteiger partial charge in [-0.3, -0.25) is 24.0 Å². The number of hydrogen-bond donors (Lipinski definition) is 1. The quantitative estimate of drug-likeness (QED) is 0.0294. The molecule has 0 fully saturated rings. The molecule has 338 valence electrons. The molecule has 1 rings (SSSR count). The molecule has 1 N–H and O–H groups in total. The second-order valence-electron chi connectivity index (χ2n) is 15.9. The van der Waals surface area contributed by atoms with Crippen molar-refractivity contribution in [1.29, 1.82) is 0 Å². The van der Waals surface area contributed by atoms with Crippen LogP contribution >= 0.6 is 0 Å². The lowest BCUT2D eigenvalue weighted by Gasteiger charge is -2.18. The zero-order valence-corrected chi connectivity index (χ0v) is 37.3. The van der Waals surface area contributed by atoms with E-state index in [0.717, 1.165) is 38.5 Å². The van der Waals surface area contributed by atoms with E-state index in [4.69, 9.17) is 23.7 Å². The normalized spacial score (nSPS) is 11.0. The Morgan fingerprint density at radius 3 is 1.20 bits per heavy atom. The van der Waals surface area contributed by atoms with Gasteiger partial charge in [-0.2, -0.15) is 0 Å². The molecule has 59 heavy (non-hydrogen) atoms. The van der Waals surface area contributed by atoms with Crippen LogP contribution in [0.2, 0.25) is 0 Å². The predicted octanol–water partition coefficient (Wildman–Crippen LogP) is 12.3. The molecule has 0 aliphatic carbocycles. The monoisotopic (exact) mass is 832 g/mol. The molecule has 0 aliphatic rings. The molecular weight excluding hydrogens is 751 g/mol. The fourth-order valence-corrected chi connectivity index (χ4v) is 6.73. The number of ether oxygens (including phenoxy) is 5. The Balaban J connectivity index is 2.38. The van der Waals surface area contributed by atoms with E-state index in [1.165, 1.54) is 135 Å². The van der Waals surface area contributed by atoms with Crippen molar-refractivity contribution in [3.8, 4) is 5.75 Å². The molecule has 0 bridgehead atoms. The number of nitrogens with one attached hydrogen (secondary N) is 1. The Labute approximate surface area is 357 Å². The lowest BCUT2D eigenvalue weighted by molar-refractivity contribution is -0.167. The Morgan fingerprint density at radius 1 is 0.458 bits per heavy atom. The molecule has 0 spiro atoms. The van der Waals surface area contributed by atoms with Crippen molar-refractivity contribution in [2.24, 2.45) is 0 Å². The summed E-state index contributed by atoms with van der Waals surface area (Å²) in [5, 5.41) is 2.65. The van der Waals surface area contributed by atoms with Gasteiger partial charge in [-0.1, -0.05) is 168 Å². The van der Waals surface area contributed by atoms with Gasteiger partial charge in [0.2, 0.25) is 12.7 Å². The SMILES string of the molecule is CCCCCCCCCCCCCCCC(=O)OCC(COC(=O)CCCCCCCCCCCCCCC)OC(=O)CCC(=O)OCOc1ccc(NC(C)=O)cc1. The van der Waals surface area contributed by atoms with Gasteiger partial charge in [0, 0.05) is 25.5 Å². The maximum atomic E-state index is 12.7. The molecule has 0 saturated carbocycles.